The summed E-state index contributed by atoms with van der Waals surface area (Å²) in [5, 5.41) is 0. The number of Topliss-reactive ketones (excluding diaryl/α,β-unsaturated/α-hetero) is 2. The second-order valence-corrected chi connectivity index (χ2v) is 13.4. The van der Waals surface area contributed by atoms with Gasteiger partial charge in [0.15, 0.2) is 11.5 Å². The van der Waals surface area contributed by atoms with E-state index in [2.05, 4.69) is 39.6 Å². The summed E-state index contributed by atoms with van der Waals surface area (Å²) in [6, 6.07) is 14.3. The number of esters is 1. The number of likely N-dealkylation sites (tertiary alicyclic amines) is 1. The zero-order valence-corrected chi connectivity index (χ0v) is 28.2. The normalized spacial score (nSPS) is 18.6. The van der Waals surface area contributed by atoms with Gasteiger partial charge in [0.1, 0.15) is 11.7 Å². The molecule has 1 fully saturated rings. The van der Waals surface area contributed by atoms with Crippen molar-refractivity contribution in [2.24, 2.45) is 11.8 Å². The molecule has 46 heavy (non-hydrogen) atoms. The fraction of sp³-hybridized carbons (Fsp3) is 0.459. The van der Waals surface area contributed by atoms with Crippen LogP contribution in [0.4, 0.5) is 5.69 Å². The number of nitrogens with zero attached hydrogens (tertiary/aromatic N) is 2. The van der Waals surface area contributed by atoms with Crippen LogP contribution in [0.5, 0.6) is 0 Å². The number of anilines is 1. The van der Waals surface area contributed by atoms with Crippen molar-refractivity contribution in [1.82, 2.24) is 4.90 Å². The Hall–Kier alpha value is -4.24. The van der Waals surface area contributed by atoms with Gasteiger partial charge in [-0.15, -0.1) is 0 Å². The third-order valence-corrected chi connectivity index (χ3v) is 9.32. The lowest BCUT2D eigenvalue weighted by Gasteiger charge is -2.53. The van der Waals surface area contributed by atoms with Crippen LogP contribution in [0.2, 0.25) is 0 Å². The zero-order valence-electron chi connectivity index (χ0n) is 28.2. The molecule has 9 nitrogen and oxygen atoms in total. The fourth-order valence-corrected chi connectivity index (χ4v) is 6.54. The molecule has 0 spiro atoms. The predicted molar refractivity (Wildman–Crippen MR) is 177 cm³/mol. The Morgan fingerprint density at radius 1 is 0.957 bits per heavy atom. The number of furan rings is 2. The molecular weight excluding hydrogens is 584 g/mol. The molecular formula is C37H46N2O7. The van der Waals surface area contributed by atoms with Crippen molar-refractivity contribution in [3.8, 4) is 0 Å². The van der Waals surface area contributed by atoms with Crippen LogP contribution in [0.15, 0.2) is 75.5 Å². The highest BCUT2D eigenvalue weighted by atomic mass is 16.5. The van der Waals surface area contributed by atoms with E-state index in [1.54, 1.807) is 24.2 Å². The summed E-state index contributed by atoms with van der Waals surface area (Å²) in [6.45, 7) is 14.8. The van der Waals surface area contributed by atoms with Gasteiger partial charge >= 0.3 is 5.97 Å². The minimum Gasteiger partial charge on any atom is -0.465 e. The van der Waals surface area contributed by atoms with Gasteiger partial charge in [-0.2, -0.15) is 0 Å². The summed E-state index contributed by atoms with van der Waals surface area (Å²) < 4.78 is 15.1. The summed E-state index contributed by atoms with van der Waals surface area (Å²) in [7, 11) is 2.18. The van der Waals surface area contributed by atoms with Gasteiger partial charge in [0.2, 0.25) is 5.78 Å². The standard InChI is InChI=1S/C27H34N2O3.C10H12O4/c1-18-22(24-8-7-13-32-24)17-29(25(18)31)21-11-9-20(10-12-21)23(30)14-19-15-26(2,3)28(6)27(4,5)16-19;1-3-13-10(12)7(2)9(11)8-5-4-6-14-8/h7-13,19H,14-17H2,1-6H3;4-7H,3H2,1-2H3. The SMILES string of the molecule is CC1=C(c2ccco2)CN(c2ccc(C(=O)CC3CC(C)(C)N(C)C(C)(C)C3)cc2)C1=O.CCOC(=O)C(C)C(=O)c1ccco1. The molecule has 3 aromatic rings. The second-order valence-electron chi connectivity index (χ2n) is 13.4. The van der Waals surface area contributed by atoms with Gasteiger partial charge in [-0.1, -0.05) is 0 Å². The molecule has 5 rings (SSSR count). The van der Waals surface area contributed by atoms with Crippen LogP contribution < -0.4 is 4.90 Å². The number of hydrogen-bond donors (Lipinski definition) is 0. The molecule has 0 aliphatic carbocycles. The predicted octanol–water partition coefficient (Wildman–Crippen LogP) is 7.23. The molecule has 1 saturated heterocycles. The average molecular weight is 631 g/mol. The van der Waals surface area contributed by atoms with Crippen LogP contribution in [0.1, 0.15) is 94.4 Å². The summed E-state index contributed by atoms with van der Waals surface area (Å²) in [4.78, 5) is 52.8. The second kappa shape index (κ2) is 14.0. The first-order valence-electron chi connectivity index (χ1n) is 15.8. The minimum atomic E-state index is -0.805. The van der Waals surface area contributed by atoms with Gasteiger partial charge in [-0.05, 0) is 123 Å². The van der Waals surface area contributed by atoms with Gasteiger partial charge in [-0.25, -0.2) is 0 Å². The van der Waals surface area contributed by atoms with Gasteiger partial charge in [0, 0.05) is 39.9 Å². The number of carbonyl (C=O) groups excluding carboxylic acids is 4. The smallest absolute Gasteiger partial charge is 0.316 e. The van der Waals surface area contributed by atoms with E-state index < -0.39 is 11.9 Å². The van der Waals surface area contributed by atoms with E-state index in [0.29, 0.717) is 30.0 Å². The summed E-state index contributed by atoms with van der Waals surface area (Å²) in [5.41, 5.74) is 3.27. The molecule has 246 valence electrons. The number of piperidine rings is 1. The molecule has 0 radical (unpaired) electrons. The quantitative estimate of drug-likeness (QED) is 0.138. The first-order chi connectivity index (χ1) is 21.7. The maximum atomic E-state index is 13.1. The molecule has 1 unspecified atom stereocenters. The van der Waals surface area contributed by atoms with E-state index in [-0.39, 0.29) is 40.9 Å². The maximum Gasteiger partial charge on any atom is 0.316 e. The molecule has 0 bridgehead atoms. The number of ether oxygens (including phenoxy) is 1. The molecule has 2 aromatic heterocycles. The van der Waals surface area contributed by atoms with Crippen molar-refractivity contribution >= 4 is 34.7 Å². The van der Waals surface area contributed by atoms with Crippen LogP contribution in [0.25, 0.3) is 5.57 Å². The highest BCUT2D eigenvalue weighted by Gasteiger charge is 2.43. The molecule has 2 aliphatic rings. The molecule has 9 heteroatoms. The van der Waals surface area contributed by atoms with Crippen molar-refractivity contribution in [3.63, 3.8) is 0 Å². The number of ketones is 2. The lowest BCUT2D eigenvalue weighted by atomic mass is 9.72. The number of amides is 1. The summed E-state index contributed by atoms with van der Waals surface area (Å²) in [5.74, 6) is -0.239. The topological polar surface area (TPSA) is 110 Å². The lowest BCUT2D eigenvalue weighted by Crippen LogP contribution is -2.58. The van der Waals surface area contributed by atoms with E-state index in [9.17, 15) is 19.2 Å². The Morgan fingerprint density at radius 2 is 1.57 bits per heavy atom. The van der Waals surface area contributed by atoms with Crippen molar-refractivity contribution in [2.75, 3.05) is 25.1 Å². The highest BCUT2D eigenvalue weighted by molar-refractivity contribution is 6.15. The largest absolute Gasteiger partial charge is 0.465 e. The van der Waals surface area contributed by atoms with Crippen LogP contribution in [0, 0.1) is 11.8 Å². The molecule has 4 heterocycles. The summed E-state index contributed by atoms with van der Waals surface area (Å²) >= 11 is 0. The number of rotatable bonds is 9. The van der Waals surface area contributed by atoms with E-state index in [4.69, 9.17) is 13.6 Å². The fourth-order valence-electron chi connectivity index (χ4n) is 6.54. The molecule has 2 aliphatic heterocycles. The van der Waals surface area contributed by atoms with E-state index in [1.807, 2.05) is 43.3 Å². The van der Waals surface area contributed by atoms with Gasteiger partial charge in [-0.3, -0.25) is 24.1 Å². The Balaban J connectivity index is 0.000000288. The zero-order chi connectivity index (χ0) is 33.8. The Kier molecular flexibility index (Phi) is 10.6. The Bertz CT molecular complexity index is 1550. The van der Waals surface area contributed by atoms with Crippen molar-refractivity contribution in [2.45, 2.75) is 78.8 Å². The van der Waals surface area contributed by atoms with E-state index in [0.717, 1.165) is 29.9 Å². The highest BCUT2D eigenvalue weighted by Crippen LogP contribution is 2.42. The van der Waals surface area contributed by atoms with Gasteiger partial charge in [0.25, 0.3) is 5.91 Å². The third kappa shape index (κ3) is 7.58. The van der Waals surface area contributed by atoms with Crippen LogP contribution in [-0.4, -0.2) is 59.6 Å². The molecule has 1 atom stereocenters. The molecule has 0 N–H and O–H groups in total. The molecule has 0 saturated carbocycles. The monoisotopic (exact) mass is 630 g/mol. The van der Waals surface area contributed by atoms with Crippen molar-refractivity contribution in [3.05, 3.63) is 83.7 Å². The molecule has 1 amide bonds. The van der Waals surface area contributed by atoms with E-state index >= 15 is 0 Å². The van der Waals surface area contributed by atoms with Crippen LogP contribution >= 0.6 is 0 Å². The molecule has 1 aromatic carbocycles. The van der Waals surface area contributed by atoms with Crippen LogP contribution in [0.3, 0.4) is 0 Å². The number of benzene rings is 1. The minimum absolute atomic E-state index is 0.0220. The Morgan fingerprint density at radius 3 is 2.11 bits per heavy atom. The van der Waals surface area contributed by atoms with Gasteiger partial charge in [0.05, 0.1) is 25.7 Å². The maximum absolute atomic E-state index is 13.1. The summed E-state index contributed by atoms with van der Waals surface area (Å²) in [6.07, 6.45) is 5.60. The first kappa shape index (κ1) is 34.6. The van der Waals surface area contributed by atoms with Gasteiger partial charge < -0.3 is 18.5 Å². The first-order valence-corrected chi connectivity index (χ1v) is 15.8. The Labute approximate surface area is 271 Å². The van der Waals surface area contributed by atoms with Crippen LogP contribution in [-0.2, 0) is 14.3 Å². The van der Waals surface area contributed by atoms with E-state index in [1.165, 1.54) is 19.3 Å². The number of hydrogen-bond acceptors (Lipinski definition) is 8. The van der Waals surface area contributed by atoms with Crippen molar-refractivity contribution in [1.29, 1.82) is 0 Å². The number of carbonyl (C=O) groups is 4. The lowest BCUT2D eigenvalue weighted by molar-refractivity contribution is -0.145. The average Bonchev–Trinajstić information content (AvgIpc) is 3.79. The van der Waals surface area contributed by atoms with Crippen molar-refractivity contribution < 1.29 is 32.7 Å². The third-order valence-electron chi connectivity index (χ3n) is 9.32.